The molecule has 2 aromatic carbocycles. The molecule has 1 aliphatic heterocycles. The highest BCUT2D eigenvalue weighted by atomic mass is 35.5. The van der Waals surface area contributed by atoms with Gasteiger partial charge in [0.1, 0.15) is 11.5 Å². The second-order valence-electron chi connectivity index (χ2n) is 7.85. The molecule has 4 rings (SSSR count). The first kappa shape index (κ1) is 24.1. The predicted octanol–water partition coefficient (Wildman–Crippen LogP) is 5.21. The molecule has 0 radical (unpaired) electrons. The van der Waals surface area contributed by atoms with E-state index in [-0.39, 0.29) is 17.5 Å². The lowest BCUT2D eigenvalue weighted by atomic mass is 10.1. The van der Waals surface area contributed by atoms with Crippen LogP contribution in [0.4, 0.5) is 19.1 Å². The van der Waals surface area contributed by atoms with Crippen molar-refractivity contribution in [2.45, 2.75) is 13.0 Å². The largest absolute Gasteiger partial charge is 0.493 e. The highest BCUT2D eigenvalue weighted by molar-refractivity contribution is 6.31. The van der Waals surface area contributed by atoms with Crippen molar-refractivity contribution < 1.29 is 22.6 Å². The number of rotatable bonds is 7. The monoisotopic (exact) mass is 492 g/mol. The van der Waals surface area contributed by atoms with Gasteiger partial charge in [0.05, 0.1) is 19.9 Å². The normalized spacial score (nSPS) is 14.5. The number of hydrogen-bond acceptors (Lipinski definition) is 6. The number of hydrogen-bond donors (Lipinski definition) is 0. The molecule has 180 valence electrons. The molecule has 6 nitrogen and oxygen atoms in total. The van der Waals surface area contributed by atoms with Crippen molar-refractivity contribution in [1.82, 2.24) is 14.9 Å². The van der Waals surface area contributed by atoms with Crippen molar-refractivity contribution >= 4 is 17.5 Å². The van der Waals surface area contributed by atoms with Crippen molar-refractivity contribution in [2.75, 3.05) is 45.3 Å². The molecule has 1 fully saturated rings. The molecule has 0 unspecified atom stereocenters. The van der Waals surface area contributed by atoms with Crippen LogP contribution in [-0.4, -0.2) is 55.3 Å². The number of anilines is 1. The maximum atomic E-state index is 13.6. The van der Waals surface area contributed by atoms with Crippen LogP contribution in [-0.2, 0) is 6.54 Å². The molecule has 0 aliphatic carbocycles. The highest BCUT2D eigenvalue weighted by Gasteiger charge is 2.23. The number of aromatic nitrogens is 2. The predicted molar refractivity (Wildman–Crippen MR) is 124 cm³/mol. The summed E-state index contributed by atoms with van der Waals surface area (Å²) in [5.74, 6) is 0.890. The Morgan fingerprint density at radius 3 is 2.32 bits per heavy atom. The summed E-state index contributed by atoms with van der Waals surface area (Å²) in [4.78, 5) is 12.8. The summed E-state index contributed by atoms with van der Waals surface area (Å²) in [5, 5.41) is 0.384. The molecule has 1 aliphatic rings. The fourth-order valence-corrected chi connectivity index (χ4v) is 4.07. The van der Waals surface area contributed by atoms with E-state index < -0.39 is 6.43 Å². The molecule has 1 aromatic heterocycles. The Bertz CT molecular complexity index is 1160. The number of ether oxygens (including phenoxy) is 2. The molecule has 0 saturated carbocycles. The summed E-state index contributed by atoms with van der Waals surface area (Å²) in [7, 11) is 3.04. The quantitative estimate of drug-likeness (QED) is 0.451. The zero-order valence-electron chi connectivity index (χ0n) is 18.8. The van der Waals surface area contributed by atoms with Gasteiger partial charge in [0.15, 0.2) is 11.5 Å². The van der Waals surface area contributed by atoms with E-state index in [0.29, 0.717) is 60.5 Å². The lowest BCUT2D eigenvalue weighted by Gasteiger charge is -2.35. The Kier molecular flexibility index (Phi) is 7.43. The first-order valence-electron chi connectivity index (χ1n) is 10.7. The van der Waals surface area contributed by atoms with Crippen molar-refractivity contribution in [2.24, 2.45) is 0 Å². The van der Waals surface area contributed by atoms with E-state index in [2.05, 4.69) is 14.9 Å². The van der Waals surface area contributed by atoms with Gasteiger partial charge in [-0.05, 0) is 42.0 Å². The van der Waals surface area contributed by atoms with Gasteiger partial charge in [-0.3, -0.25) is 4.90 Å². The average molecular weight is 493 g/mol. The Hall–Kier alpha value is -3.04. The highest BCUT2D eigenvalue weighted by Crippen LogP contribution is 2.33. The maximum absolute atomic E-state index is 13.6. The maximum Gasteiger partial charge on any atom is 0.280 e. The molecule has 0 spiro atoms. The third-order valence-corrected chi connectivity index (χ3v) is 6.05. The van der Waals surface area contributed by atoms with Gasteiger partial charge in [0, 0.05) is 43.3 Å². The molecule has 0 bridgehead atoms. The van der Waals surface area contributed by atoms with E-state index in [1.807, 2.05) is 4.90 Å². The first-order valence-corrected chi connectivity index (χ1v) is 11.1. The van der Waals surface area contributed by atoms with Crippen molar-refractivity contribution in [1.29, 1.82) is 0 Å². The van der Waals surface area contributed by atoms with E-state index >= 15 is 0 Å². The molecule has 0 atom stereocenters. The Balaban J connectivity index is 1.54. The van der Waals surface area contributed by atoms with E-state index in [1.165, 1.54) is 32.4 Å². The van der Waals surface area contributed by atoms with Crippen molar-refractivity contribution in [3.63, 3.8) is 0 Å². The van der Waals surface area contributed by atoms with Crippen LogP contribution in [0.2, 0.25) is 5.02 Å². The zero-order valence-corrected chi connectivity index (χ0v) is 19.5. The van der Waals surface area contributed by atoms with Gasteiger partial charge in [-0.15, -0.1) is 0 Å². The minimum Gasteiger partial charge on any atom is -0.493 e. The zero-order chi connectivity index (χ0) is 24.2. The van der Waals surface area contributed by atoms with Crippen LogP contribution >= 0.6 is 11.6 Å². The third-order valence-electron chi connectivity index (χ3n) is 5.70. The Morgan fingerprint density at radius 2 is 1.68 bits per heavy atom. The summed E-state index contributed by atoms with van der Waals surface area (Å²) in [6.45, 7) is 2.98. The number of alkyl halides is 2. The number of piperazine rings is 1. The van der Waals surface area contributed by atoms with Gasteiger partial charge in [-0.25, -0.2) is 23.1 Å². The van der Waals surface area contributed by atoms with Gasteiger partial charge in [0.2, 0.25) is 5.95 Å². The summed E-state index contributed by atoms with van der Waals surface area (Å²) < 4.78 is 51.2. The second-order valence-corrected chi connectivity index (χ2v) is 8.25. The van der Waals surface area contributed by atoms with Gasteiger partial charge in [-0.2, -0.15) is 0 Å². The number of halogens is 4. The van der Waals surface area contributed by atoms with Crippen LogP contribution < -0.4 is 14.4 Å². The minimum atomic E-state index is -2.73. The fraction of sp³-hybridized carbons (Fsp3) is 0.333. The molecular formula is C24H24ClF3N4O2. The van der Waals surface area contributed by atoms with Crippen LogP contribution in [0.5, 0.6) is 11.5 Å². The second kappa shape index (κ2) is 10.5. The van der Waals surface area contributed by atoms with Gasteiger partial charge in [0.25, 0.3) is 6.43 Å². The SMILES string of the molecule is COc1ccc(-c2cc(C(F)F)nc(N3CCN(Cc4ccc(F)cc4Cl)CC3)n2)cc1OC. The molecule has 34 heavy (non-hydrogen) atoms. The molecule has 1 saturated heterocycles. The molecule has 0 N–H and O–H groups in total. The number of methoxy groups -OCH3 is 2. The molecule has 10 heteroatoms. The molecular weight excluding hydrogens is 469 g/mol. The van der Waals surface area contributed by atoms with E-state index in [0.717, 1.165) is 5.56 Å². The lowest BCUT2D eigenvalue weighted by molar-refractivity contribution is 0.146. The topological polar surface area (TPSA) is 50.7 Å². The van der Waals surface area contributed by atoms with E-state index in [4.69, 9.17) is 21.1 Å². The number of nitrogens with zero attached hydrogens (tertiary/aromatic N) is 4. The summed E-state index contributed by atoms with van der Waals surface area (Å²) >= 11 is 6.15. The minimum absolute atomic E-state index is 0.252. The van der Waals surface area contributed by atoms with E-state index in [1.54, 1.807) is 24.3 Å². The van der Waals surface area contributed by atoms with Crippen molar-refractivity contribution in [3.05, 3.63) is 64.6 Å². The lowest BCUT2D eigenvalue weighted by Crippen LogP contribution is -2.46. The van der Waals surface area contributed by atoms with Crippen LogP contribution in [0.25, 0.3) is 11.3 Å². The van der Waals surface area contributed by atoms with Crippen molar-refractivity contribution in [3.8, 4) is 22.8 Å². The van der Waals surface area contributed by atoms with Gasteiger partial charge in [-0.1, -0.05) is 17.7 Å². The Labute approximate surface area is 200 Å². The summed E-state index contributed by atoms with van der Waals surface area (Å²) in [6.07, 6.45) is -2.73. The van der Waals surface area contributed by atoms with Gasteiger partial charge < -0.3 is 14.4 Å². The summed E-state index contributed by atoms with van der Waals surface area (Å²) in [6, 6.07) is 10.8. The third kappa shape index (κ3) is 5.37. The molecule has 3 aromatic rings. The number of benzene rings is 2. The van der Waals surface area contributed by atoms with Crippen LogP contribution in [0.1, 0.15) is 17.7 Å². The van der Waals surface area contributed by atoms with E-state index in [9.17, 15) is 13.2 Å². The van der Waals surface area contributed by atoms with Gasteiger partial charge >= 0.3 is 0 Å². The van der Waals surface area contributed by atoms with Crippen LogP contribution in [0.3, 0.4) is 0 Å². The molecule has 0 amide bonds. The fourth-order valence-electron chi connectivity index (χ4n) is 3.85. The Morgan fingerprint density at radius 1 is 0.941 bits per heavy atom. The van der Waals surface area contributed by atoms with Crippen LogP contribution in [0.15, 0.2) is 42.5 Å². The molecule has 2 heterocycles. The average Bonchev–Trinajstić information content (AvgIpc) is 2.85. The first-order chi connectivity index (χ1) is 16.4. The summed E-state index contributed by atoms with van der Waals surface area (Å²) in [5.41, 5.74) is 1.49. The smallest absolute Gasteiger partial charge is 0.280 e. The van der Waals surface area contributed by atoms with Crippen LogP contribution in [0, 0.1) is 5.82 Å². The standard InChI is InChI=1S/C24H24ClF3N4O2/c1-33-21-6-4-15(11-22(21)34-2)19-13-20(23(27)28)30-24(29-19)32-9-7-31(8-10-32)14-16-3-5-17(26)12-18(16)25/h3-6,11-13,23H,7-10,14H2,1-2H3.